The molecule has 4 rings (SSSR count). The first-order valence-corrected chi connectivity index (χ1v) is 11.7. The molecule has 4 saturated carbocycles. The van der Waals surface area contributed by atoms with Crippen molar-refractivity contribution in [1.29, 1.82) is 0 Å². The Hall–Kier alpha value is -0.0800. The van der Waals surface area contributed by atoms with Crippen molar-refractivity contribution in [2.75, 3.05) is 0 Å². The van der Waals surface area contributed by atoms with Crippen molar-refractivity contribution in [1.82, 2.24) is 0 Å². The Kier molecular flexibility index (Phi) is 5.01. The van der Waals surface area contributed by atoms with Crippen molar-refractivity contribution in [3.63, 3.8) is 0 Å². The molecular formula is C24H42O2. The Labute approximate surface area is 161 Å². The first-order chi connectivity index (χ1) is 12.4. The lowest BCUT2D eigenvalue weighted by atomic mass is 9.41. The molecule has 0 amide bonds. The minimum Gasteiger partial charge on any atom is -0.393 e. The second kappa shape index (κ2) is 6.76. The molecule has 26 heavy (non-hydrogen) atoms. The standard InChI is InChI=1S/C24H42O2/c1-5-7-15-8-9-18-21-19(11-13-23(15,18)3)24(4)12-10-16(25)14-20(24)17(6-2)22(21)26/h15-22,25-26H,5-14H2,1-4H3/t15-,16+,17+,18?,19?,20-,21?,22+,23+,24+/m0/s1. The van der Waals surface area contributed by atoms with Gasteiger partial charge in [0, 0.05) is 0 Å². The quantitative estimate of drug-likeness (QED) is 0.704. The summed E-state index contributed by atoms with van der Waals surface area (Å²) < 4.78 is 0. The smallest absolute Gasteiger partial charge is 0.0605 e. The molecule has 0 heterocycles. The van der Waals surface area contributed by atoms with Crippen LogP contribution in [0.25, 0.3) is 0 Å². The Morgan fingerprint density at radius 2 is 1.54 bits per heavy atom. The van der Waals surface area contributed by atoms with Crippen molar-refractivity contribution in [3.05, 3.63) is 0 Å². The summed E-state index contributed by atoms with van der Waals surface area (Å²) >= 11 is 0. The zero-order chi connectivity index (χ0) is 18.7. The van der Waals surface area contributed by atoms with Crippen LogP contribution in [-0.4, -0.2) is 22.4 Å². The Bertz CT molecular complexity index is 518. The molecule has 10 atom stereocenters. The molecular weight excluding hydrogens is 320 g/mol. The topological polar surface area (TPSA) is 40.5 Å². The fraction of sp³-hybridized carbons (Fsp3) is 1.00. The third-order valence-electron chi connectivity index (χ3n) is 10.2. The van der Waals surface area contributed by atoms with Gasteiger partial charge in [0.2, 0.25) is 0 Å². The fourth-order valence-corrected chi connectivity index (χ4v) is 8.89. The monoisotopic (exact) mass is 362 g/mol. The van der Waals surface area contributed by atoms with E-state index in [1.54, 1.807) is 0 Å². The van der Waals surface area contributed by atoms with Crippen molar-refractivity contribution in [2.45, 2.75) is 104 Å². The molecule has 0 aromatic rings. The summed E-state index contributed by atoms with van der Waals surface area (Å²) in [6.45, 7) is 9.72. The summed E-state index contributed by atoms with van der Waals surface area (Å²) in [6, 6.07) is 0. The van der Waals surface area contributed by atoms with Crippen molar-refractivity contribution < 1.29 is 10.2 Å². The van der Waals surface area contributed by atoms with Gasteiger partial charge < -0.3 is 10.2 Å². The molecule has 3 unspecified atom stereocenters. The van der Waals surface area contributed by atoms with Crippen molar-refractivity contribution in [2.24, 2.45) is 46.3 Å². The van der Waals surface area contributed by atoms with Crippen molar-refractivity contribution in [3.8, 4) is 0 Å². The number of aliphatic hydroxyl groups is 2. The summed E-state index contributed by atoms with van der Waals surface area (Å²) in [5.41, 5.74) is 0.807. The number of hydrogen-bond donors (Lipinski definition) is 2. The van der Waals surface area contributed by atoms with Crippen LogP contribution in [0.1, 0.15) is 91.9 Å². The lowest BCUT2D eigenvalue weighted by Crippen LogP contribution is -2.62. The zero-order valence-electron chi connectivity index (χ0n) is 17.6. The van der Waals surface area contributed by atoms with E-state index < -0.39 is 0 Å². The molecule has 0 saturated heterocycles. The number of aliphatic hydroxyl groups excluding tert-OH is 2. The lowest BCUT2D eigenvalue weighted by Gasteiger charge is -2.64. The minimum atomic E-state index is -0.140. The minimum absolute atomic E-state index is 0.139. The molecule has 0 aromatic carbocycles. The summed E-state index contributed by atoms with van der Waals surface area (Å²) in [5.74, 6) is 3.71. The van der Waals surface area contributed by atoms with Gasteiger partial charge in [-0.15, -0.1) is 0 Å². The lowest BCUT2D eigenvalue weighted by molar-refractivity contribution is -0.202. The highest BCUT2D eigenvalue weighted by molar-refractivity contribution is 5.13. The summed E-state index contributed by atoms with van der Waals surface area (Å²) in [6.07, 6.45) is 12.0. The molecule has 2 nitrogen and oxygen atoms in total. The second-order valence-electron chi connectivity index (χ2n) is 11.0. The fourth-order valence-electron chi connectivity index (χ4n) is 8.89. The largest absolute Gasteiger partial charge is 0.393 e. The van der Waals surface area contributed by atoms with E-state index in [9.17, 15) is 10.2 Å². The van der Waals surface area contributed by atoms with E-state index >= 15 is 0 Å². The first kappa shape index (κ1) is 19.2. The number of rotatable bonds is 3. The molecule has 0 aromatic heterocycles. The van der Waals surface area contributed by atoms with Gasteiger partial charge in [0.15, 0.2) is 0 Å². The average Bonchev–Trinajstić information content (AvgIpc) is 2.94. The highest BCUT2D eigenvalue weighted by atomic mass is 16.3. The number of fused-ring (bicyclic) bond motifs is 5. The van der Waals surface area contributed by atoms with Crippen LogP contribution >= 0.6 is 0 Å². The van der Waals surface area contributed by atoms with E-state index in [2.05, 4.69) is 27.7 Å². The van der Waals surface area contributed by atoms with Gasteiger partial charge in [-0.25, -0.2) is 0 Å². The zero-order valence-corrected chi connectivity index (χ0v) is 17.6. The van der Waals surface area contributed by atoms with Gasteiger partial charge in [-0.05, 0) is 91.3 Å². The molecule has 0 radical (unpaired) electrons. The van der Waals surface area contributed by atoms with Crippen LogP contribution < -0.4 is 0 Å². The Morgan fingerprint density at radius 1 is 0.846 bits per heavy atom. The molecule has 4 aliphatic rings. The first-order valence-electron chi connectivity index (χ1n) is 11.7. The van der Waals surface area contributed by atoms with Gasteiger partial charge in [-0.3, -0.25) is 0 Å². The molecule has 150 valence electrons. The van der Waals surface area contributed by atoms with Crippen LogP contribution in [0.4, 0.5) is 0 Å². The molecule has 4 aliphatic carbocycles. The predicted molar refractivity (Wildman–Crippen MR) is 107 cm³/mol. The van der Waals surface area contributed by atoms with Gasteiger partial charge >= 0.3 is 0 Å². The maximum absolute atomic E-state index is 11.6. The molecule has 0 bridgehead atoms. The third kappa shape index (κ3) is 2.57. The van der Waals surface area contributed by atoms with Gasteiger partial charge in [0.25, 0.3) is 0 Å². The molecule has 0 aliphatic heterocycles. The predicted octanol–water partition coefficient (Wildman–Crippen LogP) is 5.41. The van der Waals surface area contributed by atoms with Gasteiger partial charge in [-0.2, -0.15) is 0 Å². The van der Waals surface area contributed by atoms with Crippen LogP contribution in [-0.2, 0) is 0 Å². The maximum Gasteiger partial charge on any atom is 0.0605 e. The summed E-state index contributed by atoms with van der Waals surface area (Å²) in [7, 11) is 0. The third-order valence-corrected chi connectivity index (χ3v) is 10.2. The van der Waals surface area contributed by atoms with Gasteiger partial charge in [0.05, 0.1) is 12.2 Å². The second-order valence-corrected chi connectivity index (χ2v) is 11.0. The summed E-state index contributed by atoms with van der Waals surface area (Å²) in [5, 5.41) is 22.0. The highest BCUT2D eigenvalue weighted by Crippen LogP contribution is 2.69. The van der Waals surface area contributed by atoms with E-state index in [1.165, 1.54) is 44.9 Å². The summed E-state index contributed by atoms with van der Waals surface area (Å²) in [4.78, 5) is 0. The SMILES string of the molecule is CCC[C@H]1CCC2C3C(CC[C@@]21C)[C@@]1(C)CC[C@@H](O)C[C@H]1[C@@H](CC)[C@H]3O. The van der Waals surface area contributed by atoms with E-state index in [0.717, 1.165) is 31.1 Å². The van der Waals surface area contributed by atoms with Crippen LogP contribution in [0.5, 0.6) is 0 Å². The highest BCUT2D eigenvalue weighted by Gasteiger charge is 2.64. The van der Waals surface area contributed by atoms with E-state index in [0.29, 0.717) is 34.5 Å². The molecule has 2 heteroatoms. The van der Waals surface area contributed by atoms with Crippen LogP contribution in [0.2, 0.25) is 0 Å². The molecule has 4 fully saturated rings. The van der Waals surface area contributed by atoms with E-state index in [1.807, 2.05) is 0 Å². The molecule has 2 N–H and O–H groups in total. The van der Waals surface area contributed by atoms with Gasteiger partial charge in [0.1, 0.15) is 0 Å². The van der Waals surface area contributed by atoms with Crippen LogP contribution in [0.15, 0.2) is 0 Å². The number of hydrogen-bond acceptors (Lipinski definition) is 2. The maximum atomic E-state index is 11.6. The van der Waals surface area contributed by atoms with Crippen LogP contribution in [0.3, 0.4) is 0 Å². The average molecular weight is 363 g/mol. The van der Waals surface area contributed by atoms with Gasteiger partial charge in [-0.1, -0.05) is 47.0 Å². The van der Waals surface area contributed by atoms with Crippen molar-refractivity contribution >= 4 is 0 Å². The van der Waals surface area contributed by atoms with E-state index in [-0.39, 0.29) is 12.2 Å². The van der Waals surface area contributed by atoms with Crippen LogP contribution in [0, 0.1) is 46.3 Å². The molecule has 0 spiro atoms. The van der Waals surface area contributed by atoms with E-state index in [4.69, 9.17) is 0 Å². The Morgan fingerprint density at radius 3 is 2.23 bits per heavy atom. The normalized spacial score (nSPS) is 56.5. The Balaban J connectivity index is 1.69.